The van der Waals surface area contributed by atoms with Crippen LogP contribution >= 0.6 is 27.5 Å². The average molecular weight is 342 g/mol. The molecule has 1 heterocycles. The van der Waals surface area contributed by atoms with Gasteiger partial charge in [0.2, 0.25) is 0 Å². The van der Waals surface area contributed by atoms with Gasteiger partial charge in [0.05, 0.1) is 11.4 Å². The van der Waals surface area contributed by atoms with Crippen molar-refractivity contribution in [3.8, 4) is 0 Å². The molecule has 0 atom stereocenters. The second-order valence-electron chi connectivity index (χ2n) is 4.26. The summed E-state index contributed by atoms with van der Waals surface area (Å²) in [5.74, 6) is 0.770. The van der Waals surface area contributed by atoms with Gasteiger partial charge in [-0.15, -0.1) is 0 Å². The summed E-state index contributed by atoms with van der Waals surface area (Å²) in [6, 6.07) is 5.28. The number of Topliss-reactive ketones (excluding diaryl/α,β-unsaturated/α-hetero) is 1. The molecule has 0 saturated heterocycles. The fourth-order valence-electron chi connectivity index (χ4n) is 1.91. The number of carbonyl (C=O) groups is 1. The maximum atomic E-state index is 12.2. The Morgan fingerprint density at radius 1 is 1.47 bits per heavy atom. The topological polar surface area (TPSA) is 34.9 Å². The molecule has 5 heteroatoms. The van der Waals surface area contributed by atoms with E-state index in [4.69, 9.17) is 11.6 Å². The lowest BCUT2D eigenvalue weighted by Crippen LogP contribution is -2.10. The summed E-state index contributed by atoms with van der Waals surface area (Å²) in [6.45, 7) is 2.97. The summed E-state index contributed by atoms with van der Waals surface area (Å²) in [6.07, 6.45) is 4.90. The number of rotatable bonds is 5. The lowest BCUT2D eigenvalue weighted by atomic mass is 10.1. The van der Waals surface area contributed by atoms with Crippen molar-refractivity contribution >= 4 is 33.3 Å². The second-order valence-corrected chi connectivity index (χ2v) is 5.58. The number of halogens is 2. The van der Waals surface area contributed by atoms with Gasteiger partial charge in [-0.2, -0.15) is 0 Å². The Morgan fingerprint density at radius 2 is 2.26 bits per heavy atom. The van der Waals surface area contributed by atoms with Crippen molar-refractivity contribution in [3.05, 3.63) is 51.5 Å². The Bertz CT molecular complexity index is 595. The number of carbonyl (C=O) groups excluding carboxylic acids is 1. The molecule has 2 rings (SSSR count). The SMILES string of the molecule is CCCn1ccnc1CC(=O)c1ccc(Br)cc1Cl. The Hall–Kier alpha value is -1.13. The minimum Gasteiger partial charge on any atom is -0.335 e. The molecular weight excluding hydrogens is 328 g/mol. The summed E-state index contributed by atoms with van der Waals surface area (Å²) in [5, 5.41) is 0.466. The molecule has 3 nitrogen and oxygen atoms in total. The molecular formula is C14H14BrClN2O. The van der Waals surface area contributed by atoms with Crippen LogP contribution < -0.4 is 0 Å². The number of benzene rings is 1. The van der Waals surface area contributed by atoms with Crippen LogP contribution in [0.4, 0.5) is 0 Å². The van der Waals surface area contributed by atoms with Gasteiger partial charge < -0.3 is 4.57 Å². The first-order valence-corrected chi connectivity index (χ1v) is 7.27. The molecule has 2 aromatic rings. The zero-order valence-corrected chi connectivity index (χ0v) is 12.9. The van der Waals surface area contributed by atoms with Gasteiger partial charge in [0.15, 0.2) is 5.78 Å². The molecule has 0 unspecified atom stereocenters. The number of imidazole rings is 1. The summed E-state index contributed by atoms with van der Waals surface area (Å²) >= 11 is 9.41. The van der Waals surface area contributed by atoms with E-state index in [2.05, 4.69) is 27.8 Å². The lowest BCUT2D eigenvalue weighted by molar-refractivity contribution is 0.0990. The molecule has 0 amide bonds. The molecule has 0 bridgehead atoms. The number of hydrogen-bond acceptors (Lipinski definition) is 2. The number of aromatic nitrogens is 2. The molecule has 0 N–H and O–H groups in total. The smallest absolute Gasteiger partial charge is 0.171 e. The Kier molecular flexibility index (Phi) is 4.77. The van der Waals surface area contributed by atoms with Crippen LogP contribution in [0.15, 0.2) is 35.1 Å². The van der Waals surface area contributed by atoms with E-state index in [1.54, 1.807) is 18.3 Å². The van der Waals surface area contributed by atoms with Crippen LogP contribution in [0.5, 0.6) is 0 Å². The van der Waals surface area contributed by atoms with Gasteiger partial charge in [0.25, 0.3) is 0 Å². The third kappa shape index (κ3) is 3.45. The van der Waals surface area contributed by atoms with Crippen molar-refractivity contribution in [2.45, 2.75) is 26.3 Å². The number of nitrogens with zero attached hydrogens (tertiary/aromatic N) is 2. The quantitative estimate of drug-likeness (QED) is 0.766. The maximum Gasteiger partial charge on any atom is 0.171 e. The van der Waals surface area contributed by atoms with Crippen LogP contribution in [0.3, 0.4) is 0 Å². The summed E-state index contributed by atoms with van der Waals surface area (Å²) in [7, 11) is 0. The molecule has 0 fully saturated rings. The lowest BCUT2D eigenvalue weighted by Gasteiger charge is -2.07. The molecule has 100 valence electrons. The van der Waals surface area contributed by atoms with Crippen molar-refractivity contribution in [2.24, 2.45) is 0 Å². The van der Waals surface area contributed by atoms with Crippen LogP contribution in [0.25, 0.3) is 0 Å². The molecule has 0 spiro atoms. The van der Waals surface area contributed by atoms with E-state index in [0.29, 0.717) is 10.6 Å². The maximum absolute atomic E-state index is 12.2. The van der Waals surface area contributed by atoms with E-state index in [1.807, 2.05) is 16.8 Å². The summed E-state index contributed by atoms with van der Waals surface area (Å²) in [4.78, 5) is 16.5. The number of aryl methyl sites for hydroxylation is 1. The van der Waals surface area contributed by atoms with Crippen molar-refractivity contribution in [2.75, 3.05) is 0 Å². The summed E-state index contributed by atoms with van der Waals surface area (Å²) < 4.78 is 2.87. The molecule has 19 heavy (non-hydrogen) atoms. The first-order chi connectivity index (χ1) is 9.11. The standard InChI is InChI=1S/C14H14BrClN2O/c1-2-6-18-7-5-17-14(18)9-13(19)11-4-3-10(15)8-12(11)16/h3-5,7-8H,2,6,9H2,1H3. The molecule has 0 aliphatic rings. The predicted molar refractivity (Wildman–Crippen MR) is 79.7 cm³/mol. The normalized spacial score (nSPS) is 10.7. The van der Waals surface area contributed by atoms with Crippen molar-refractivity contribution < 1.29 is 4.79 Å². The highest BCUT2D eigenvalue weighted by Gasteiger charge is 2.14. The zero-order chi connectivity index (χ0) is 13.8. The van der Waals surface area contributed by atoms with Crippen molar-refractivity contribution in [3.63, 3.8) is 0 Å². The van der Waals surface area contributed by atoms with E-state index in [-0.39, 0.29) is 12.2 Å². The highest BCUT2D eigenvalue weighted by atomic mass is 79.9. The fraction of sp³-hybridized carbons (Fsp3) is 0.286. The van der Waals surface area contributed by atoms with Crippen molar-refractivity contribution in [1.29, 1.82) is 0 Å². The molecule has 0 saturated carbocycles. The van der Waals surface area contributed by atoms with Gasteiger partial charge >= 0.3 is 0 Å². The van der Waals surface area contributed by atoms with Gasteiger partial charge in [-0.3, -0.25) is 4.79 Å². The largest absolute Gasteiger partial charge is 0.335 e. The van der Waals surface area contributed by atoms with Crippen LogP contribution in [0.1, 0.15) is 29.5 Å². The van der Waals surface area contributed by atoms with E-state index in [0.717, 1.165) is 23.3 Å². The molecule has 1 aromatic heterocycles. The van der Waals surface area contributed by atoms with E-state index >= 15 is 0 Å². The number of hydrogen-bond donors (Lipinski definition) is 0. The third-order valence-electron chi connectivity index (χ3n) is 2.82. The Labute approximate surface area is 125 Å². The first-order valence-electron chi connectivity index (χ1n) is 6.10. The molecule has 0 radical (unpaired) electrons. The van der Waals surface area contributed by atoms with Gasteiger partial charge in [0, 0.05) is 29.0 Å². The van der Waals surface area contributed by atoms with E-state index < -0.39 is 0 Å². The van der Waals surface area contributed by atoms with Crippen molar-refractivity contribution in [1.82, 2.24) is 9.55 Å². The second kappa shape index (κ2) is 6.35. The highest BCUT2D eigenvalue weighted by molar-refractivity contribution is 9.10. The zero-order valence-electron chi connectivity index (χ0n) is 10.6. The highest BCUT2D eigenvalue weighted by Crippen LogP contribution is 2.22. The summed E-state index contributed by atoms with van der Waals surface area (Å²) in [5.41, 5.74) is 0.538. The van der Waals surface area contributed by atoms with Crippen LogP contribution in [-0.4, -0.2) is 15.3 Å². The average Bonchev–Trinajstić information content (AvgIpc) is 2.77. The van der Waals surface area contributed by atoms with Gasteiger partial charge in [-0.25, -0.2) is 4.98 Å². The van der Waals surface area contributed by atoms with Crippen LogP contribution in [0, 0.1) is 0 Å². The predicted octanol–water partition coefficient (Wildman–Crippen LogP) is 4.13. The minimum atomic E-state index is -0.0129. The Morgan fingerprint density at radius 3 is 2.95 bits per heavy atom. The molecule has 0 aliphatic heterocycles. The van der Waals surface area contributed by atoms with Gasteiger partial charge in [-0.1, -0.05) is 34.5 Å². The molecule has 0 aliphatic carbocycles. The molecule has 1 aromatic carbocycles. The first kappa shape index (κ1) is 14.3. The van der Waals surface area contributed by atoms with Gasteiger partial charge in [-0.05, 0) is 24.6 Å². The van der Waals surface area contributed by atoms with Crippen LogP contribution in [-0.2, 0) is 13.0 Å². The van der Waals surface area contributed by atoms with E-state index in [1.165, 1.54) is 0 Å². The van der Waals surface area contributed by atoms with Crippen LogP contribution in [0.2, 0.25) is 5.02 Å². The third-order valence-corrected chi connectivity index (χ3v) is 3.62. The monoisotopic (exact) mass is 340 g/mol. The van der Waals surface area contributed by atoms with Gasteiger partial charge in [0.1, 0.15) is 5.82 Å². The van der Waals surface area contributed by atoms with E-state index in [9.17, 15) is 4.79 Å². The number of ketones is 1. The fourth-order valence-corrected chi connectivity index (χ4v) is 2.68. The minimum absolute atomic E-state index is 0.0129. The Balaban J connectivity index is 2.18.